The predicted molar refractivity (Wildman–Crippen MR) is 86.5 cm³/mol. The number of nitrogens with one attached hydrogen (secondary N) is 2. The molecule has 1 heterocycles. The Balaban J connectivity index is 1.79. The van der Waals surface area contributed by atoms with E-state index in [1.807, 2.05) is 11.5 Å². The number of rotatable bonds is 7. The van der Waals surface area contributed by atoms with Gasteiger partial charge in [0.2, 0.25) is 11.8 Å². The van der Waals surface area contributed by atoms with E-state index in [-0.39, 0.29) is 30.7 Å². The van der Waals surface area contributed by atoms with Crippen LogP contribution in [0.4, 0.5) is 10.1 Å². The minimum atomic E-state index is -0.431. The van der Waals surface area contributed by atoms with Crippen LogP contribution in [0.2, 0.25) is 0 Å². The van der Waals surface area contributed by atoms with Crippen LogP contribution in [0.5, 0.6) is 0 Å². The normalized spacial score (nSPS) is 11.8. The maximum atomic E-state index is 13.0. The van der Waals surface area contributed by atoms with Crippen molar-refractivity contribution in [1.82, 2.24) is 20.1 Å². The van der Waals surface area contributed by atoms with Crippen molar-refractivity contribution in [2.24, 2.45) is 0 Å². The molecule has 0 aliphatic heterocycles. The lowest BCUT2D eigenvalue weighted by atomic mass is 10.2. The van der Waals surface area contributed by atoms with Gasteiger partial charge >= 0.3 is 0 Å². The Hall–Kier alpha value is -2.77. The SMILES string of the molecule is CCn1cnnc1C(C)NC(=O)CCC(=O)Nc1cccc(F)c1. The first-order chi connectivity index (χ1) is 11.5. The van der Waals surface area contributed by atoms with Gasteiger partial charge in [-0.15, -0.1) is 10.2 Å². The van der Waals surface area contributed by atoms with Crippen LogP contribution >= 0.6 is 0 Å². The monoisotopic (exact) mass is 333 g/mol. The number of amides is 2. The number of nitrogens with zero attached hydrogens (tertiary/aromatic N) is 3. The molecule has 2 amide bonds. The van der Waals surface area contributed by atoms with Crippen molar-refractivity contribution in [3.05, 3.63) is 42.2 Å². The van der Waals surface area contributed by atoms with Crippen LogP contribution in [0.1, 0.15) is 38.6 Å². The van der Waals surface area contributed by atoms with Gasteiger partial charge in [-0.2, -0.15) is 0 Å². The van der Waals surface area contributed by atoms with Crippen LogP contribution in [0.3, 0.4) is 0 Å². The molecule has 2 rings (SSSR count). The molecule has 0 saturated carbocycles. The second-order valence-electron chi connectivity index (χ2n) is 5.32. The fraction of sp³-hybridized carbons (Fsp3) is 0.375. The van der Waals surface area contributed by atoms with E-state index in [9.17, 15) is 14.0 Å². The van der Waals surface area contributed by atoms with Gasteiger partial charge in [-0.1, -0.05) is 6.07 Å². The Morgan fingerprint density at radius 3 is 2.75 bits per heavy atom. The van der Waals surface area contributed by atoms with Crippen LogP contribution in [0.15, 0.2) is 30.6 Å². The number of anilines is 1. The van der Waals surface area contributed by atoms with Crippen molar-refractivity contribution < 1.29 is 14.0 Å². The van der Waals surface area contributed by atoms with Gasteiger partial charge in [0, 0.05) is 25.1 Å². The molecule has 7 nitrogen and oxygen atoms in total. The van der Waals surface area contributed by atoms with Gasteiger partial charge in [-0.25, -0.2) is 4.39 Å². The molecule has 0 bridgehead atoms. The first-order valence-electron chi connectivity index (χ1n) is 7.72. The molecule has 1 aromatic heterocycles. The fourth-order valence-corrected chi connectivity index (χ4v) is 2.24. The number of aryl methyl sites for hydroxylation is 1. The van der Waals surface area contributed by atoms with Crippen molar-refractivity contribution in [2.75, 3.05) is 5.32 Å². The van der Waals surface area contributed by atoms with Crippen molar-refractivity contribution in [2.45, 2.75) is 39.3 Å². The Kier molecular flexibility index (Phi) is 6.00. The number of benzene rings is 1. The van der Waals surface area contributed by atoms with Gasteiger partial charge in [-0.05, 0) is 32.0 Å². The topological polar surface area (TPSA) is 88.9 Å². The van der Waals surface area contributed by atoms with E-state index in [0.29, 0.717) is 18.1 Å². The molecule has 1 unspecified atom stereocenters. The van der Waals surface area contributed by atoms with E-state index < -0.39 is 5.82 Å². The minimum absolute atomic E-state index is 0.00946. The highest BCUT2D eigenvalue weighted by Crippen LogP contribution is 2.11. The summed E-state index contributed by atoms with van der Waals surface area (Å²) in [6, 6.07) is 5.30. The van der Waals surface area contributed by atoms with Gasteiger partial charge in [0.05, 0.1) is 6.04 Å². The summed E-state index contributed by atoms with van der Waals surface area (Å²) < 4.78 is 14.9. The van der Waals surface area contributed by atoms with Crippen LogP contribution < -0.4 is 10.6 Å². The predicted octanol–water partition coefficient (Wildman–Crippen LogP) is 2.03. The van der Waals surface area contributed by atoms with E-state index in [0.717, 1.165) is 0 Å². The molecule has 128 valence electrons. The van der Waals surface area contributed by atoms with E-state index >= 15 is 0 Å². The van der Waals surface area contributed by atoms with Crippen LogP contribution in [0, 0.1) is 5.82 Å². The third-order valence-electron chi connectivity index (χ3n) is 3.44. The molecular formula is C16H20FN5O2. The molecule has 0 aliphatic carbocycles. The molecule has 0 radical (unpaired) electrons. The molecule has 0 spiro atoms. The highest BCUT2D eigenvalue weighted by molar-refractivity contribution is 5.93. The van der Waals surface area contributed by atoms with E-state index in [1.165, 1.54) is 18.2 Å². The van der Waals surface area contributed by atoms with Crippen molar-refractivity contribution in [3.63, 3.8) is 0 Å². The average Bonchev–Trinajstić information content (AvgIpc) is 3.01. The largest absolute Gasteiger partial charge is 0.346 e. The van der Waals surface area contributed by atoms with Crippen LogP contribution in [-0.2, 0) is 16.1 Å². The molecule has 1 atom stereocenters. The summed E-state index contributed by atoms with van der Waals surface area (Å²) in [5.41, 5.74) is 0.366. The van der Waals surface area contributed by atoms with Gasteiger partial charge < -0.3 is 15.2 Å². The zero-order chi connectivity index (χ0) is 17.5. The number of hydrogen-bond donors (Lipinski definition) is 2. The zero-order valence-electron chi connectivity index (χ0n) is 13.6. The first kappa shape index (κ1) is 17.6. The molecular weight excluding hydrogens is 313 g/mol. The smallest absolute Gasteiger partial charge is 0.224 e. The van der Waals surface area contributed by atoms with E-state index in [2.05, 4.69) is 20.8 Å². The molecule has 2 aromatic rings. The number of hydrogen-bond acceptors (Lipinski definition) is 4. The summed E-state index contributed by atoms with van der Waals surface area (Å²) in [6.45, 7) is 4.47. The average molecular weight is 333 g/mol. The number of carbonyl (C=O) groups is 2. The standard InChI is InChI=1S/C16H20FN5O2/c1-3-22-10-18-21-16(22)11(2)19-14(23)7-8-15(24)20-13-6-4-5-12(17)9-13/h4-6,9-11H,3,7-8H2,1-2H3,(H,19,23)(H,20,24). The molecule has 0 fully saturated rings. The van der Waals surface area contributed by atoms with Crippen molar-refractivity contribution >= 4 is 17.5 Å². The summed E-state index contributed by atoms with van der Waals surface area (Å²) in [6.07, 6.45) is 1.64. The van der Waals surface area contributed by atoms with Gasteiger partial charge in [0.15, 0.2) is 5.82 Å². The van der Waals surface area contributed by atoms with Crippen LogP contribution in [-0.4, -0.2) is 26.6 Å². The Morgan fingerprint density at radius 1 is 1.29 bits per heavy atom. The highest BCUT2D eigenvalue weighted by Gasteiger charge is 2.15. The zero-order valence-corrected chi connectivity index (χ0v) is 13.6. The van der Waals surface area contributed by atoms with E-state index in [1.54, 1.807) is 19.3 Å². The first-order valence-corrected chi connectivity index (χ1v) is 7.72. The van der Waals surface area contributed by atoms with Crippen molar-refractivity contribution in [3.8, 4) is 0 Å². The van der Waals surface area contributed by atoms with Crippen LogP contribution in [0.25, 0.3) is 0 Å². The lowest BCUT2D eigenvalue weighted by Gasteiger charge is -2.14. The summed E-state index contributed by atoms with van der Waals surface area (Å²) in [7, 11) is 0. The Bertz CT molecular complexity index is 716. The number of aromatic nitrogens is 3. The third kappa shape index (κ3) is 4.87. The minimum Gasteiger partial charge on any atom is -0.346 e. The maximum Gasteiger partial charge on any atom is 0.224 e. The fourth-order valence-electron chi connectivity index (χ4n) is 2.24. The van der Waals surface area contributed by atoms with Crippen molar-refractivity contribution in [1.29, 1.82) is 0 Å². The highest BCUT2D eigenvalue weighted by atomic mass is 19.1. The molecule has 0 aliphatic rings. The van der Waals surface area contributed by atoms with Gasteiger partial charge in [-0.3, -0.25) is 9.59 Å². The van der Waals surface area contributed by atoms with Gasteiger partial charge in [0.25, 0.3) is 0 Å². The second-order valence-corrected chi connectivity index (χ2v) is 5.32. The third-order valence-corrected chi connectivity index (χ3v) is 3.44. The number of halogens is 1. The lowest BCUT2D eigenvalue weighted by Crippen LogP contribution is -2.29. The summed E-state index contributed by atoms with van der Waals surface area (Å²) in [5.74, 6) is -0.378. The molecule has 2 N–H and O–H groups in total. The van der Waals surface area contributed by atoms with Gasteiger partial charge in [0.1, 0.15) is 12.1 Å². The Labute approximate surface area is 139 Å². The van der Waals surface area contributed by atoms with E-state index in [4.69, 9.17) is 0 Å². The summed E-state index contributed by atoms with van der Waals surface area (Å²) in [4.78, 5) is 23.8. The maximum absolute atomic E-state index is 13.0. The molecule has 0 saturated heterocycles. The summed E-state index contributed by atoms with van der Waals surface area (Å²) >= 11 is 0. The molecule has 24 heavy (non-hydrogen) atoms. The molecule has 8 heteroatoms. The Morgan fingerprint density at radius 2 is 2.04 bits per heavy atom. The lowest BCUT2D eigenvalue weighted by molar-refractivity contribution is -0.124. The molecule has 1 aromatic carbocycles. The number of carbonyl (C=O) groups excluding carboxylic acids is 2. The quantitative estimate of drug-likeness (QED) is 0.811. The summed E-state index contributed by atoms with van der Waals surface area (Å²) in [5, 5.41) is 13.1. The second kappa shape index (κ2) is 8.19.